The molecule has 0 heterocycles. The summed E-state index contributed by atoms with van der Waals surface area (Å²) in [6, 6.07) is 0.532. The van der Waals surface area contributed by atoms with Crippen LogP contribution in [0.1, 0.15) is 71.1 Å². The fourth-order valence-electron chi connectivity index (χ4n) is 3.01. The van der Waals surface area contributed by atoms with E-state index in [4.69, 9.17) is 5.73 Å². The molecule has 1 atom stereocenters. The maximum absolute atomic E-state index is 11.7. The molecule has 0 aromatic heterocycles. The summed E-state index contributed by atoms with van der Waals surface area (Å²) in [6.07, 6.45) is 12.7. The molecule has 2 fully saturated rings. The minimum atomic E-state index is -0.489. The second-order valence-corrected chi connectivity index (χ2v) is 8.11. The van der Waals surface area contributed by atoms with Gasteiger partial charge in [0.25, 0.3) is 0 Å². The number of amides is 1. The zero-order valence-electron chi connectivity index (χ0n) is 12.8. The lowest BCUT2D eigenvalue weighted by Gasteiger charge is -2.28. The van der Waals surface area contributed by atoms with Gasteiger partial charge >= 0.3 is 0 Å². The van der Waals surface area contributed by atoms with Crippen molar-refractivity contribution in [3.63, 3.8) is 0 Å². The molecule has 3 nitrogen and oxygen atoms in total. The zero-order chi connectivity index (χ0) is 14.4. The standard InChI is InChI=1S/C16H30N2OS/c1-16(15(17)19,18-13-9-10-13)11-5-6-12-20-14-7-3-2-4-8-14/h13-14,18H,2-12H2,1H3,(H2,17,19). The van der Waals surface area contributed by atoms with Crippen molar-refractivity contribution >= 4 is 17.7 Å². The SMILES string of the molecule is CC(CCCCSC1CCCCC1)(NC1CC1)C(N)=O. The molecule has 0 aromatic carbocycles. The summed E-state index contributed by atoms with van der Waals surface area (Å²) < 4.78 is 0. The topological polar surface area (TPSA) is 55.1 Å². The van der Waals surface area contributed by atoms with Crippen molar-refractivity contribution in [3.8, 4) is 0 Å². The summed E-state index contributed by atoms with van der Waals surface area (Å²) in [6.45, 7) is 1.97. The quantitative estimate of drug-likeness (QED) is 0.643. The summed E-state index contributed by atoms with van der Waals surface area (Å²) in [7, 11) is 0. The van der Waals surface area contributed by atoms with E-state index >= 15 is 0 Å². The van der Waals surface area contributed by atoms with Crippen LogP contribution >= 0.6 is 11.8 Å². The van der Waals surface area contributed by atoms with Gasteiger partial charge in [0.05, 0.1) is 5.54 Å². The molecule has 4 heteroatoms. The first-order chi connectivity index (χ1) is 9.60. The lowest BCUT2D eigenvalue weighted by Crippen LogP contribution is -2.53. The molecule has 1 amide bonds. The number of carbonyl (C=O) groups excluding carboxylic acids is 1. The van der Waals surface area contributed by atoms with Gasteiger partial charge in [-0.15, -0.1) is 0 Å². The van der Waals surface area contributed by atoms with Crippen LogP contribution in [0, 0.1) is 0 Å². The smallest absolute Gasteiger partial charge is 0.237 e. The first-order valence-electron chi connectivity index (χ1n) is 8.29. The van der Waals surface area contributed by atoms with Gasteiger partial charge in [-0.2, -0.15) is 11.8 Å². The third kappa shape index (κ3) is 5.28. The van der Waals surface area contributed by atoms with Crippen LogP contribution in [0.4, 0.5) is 0 Å². The largest absolute Gasteiger partial charge is 0.368 e. The molecule has 116 valence electrons. The molecular weight excluding hydrogens is 268 g/mol. The molecule has 2 rings (SSSR count). The van der Waals surface area contributed by atoms with Gasteiger partial charge in [-0.25, -0.2) is 0 Å². The Labute approximate surface area is 127 Å². The molecule has 0 saturated heterocycles. The molecule has 0 bridgehead atoms. The fraction of sp³-hybridized carbons (Fsp3) is 0.938. The van der Waals surface area contributed by atoms with Crippen LogP contribution < -0.4 is 11.1 Å². The molecule has 3 N–H and O–H groups in total. The van der Waals surface area contributed by atoms with E-state index in [-0.39, 0.29) is 5.91 Å². The average molecular weight is 298 g/mol. The summed E-state index contributed by atoms with van der Waals surface area (Å²) in [5, 5.41) is 4.32. The first kappa shape index (κ1) is 16.2. The molecular formula is C16H30N2OS. The highest BCUT2D eigenvalue weighted by Gasteiger charge is 2.36. The van der Waals surface area contributed by atoms with E-state index in [1.807, 2.05) is 6.92 Å². The van der Waals surface area contributed by atoms with Crippen molar-refractivity contribution in [2.24, 2.45) is 5.73 Å². The third-order valence-electron chi connectivity index (χ3n) is 4.62. The van der Waals surface area contributed by atoms with Crippen LogP contribution in [0.3, 0.4) is 0 Å². The van der Waals surface area contributed by atoms with Crippen molar-refractivity contribution in [1.82, 2.24) is 5.32 Å². The highest BCUT2D eigenvalue weighted by Crippen LogP contribution is 2.29. The first-order valence-corrected chi connectivity index (χ1v) is 9.34. The Morgan fingerprint density at radius 1 is 1.20 bits per heavy atom. The maximum Gasteiger partial charge on any atom is 0.237 e. The number of unbranched alkanes of at least 4 members (excludes halogenated alkanes) is 1. The number of hydrogen-bond donors (Lipinski definition) is 2. The van der Waals surface area contributed by atoms with E-state index in [1.54, 1.807) is 0 Å². The molecule has 1 unspecified atom stereocenters. The number of primary amides is 1. The lowest BCUT2D eigenvalue weighted by atomic mass is 9.94. The van der Waals surface area contributed by atoms with E-state index in [0.29, 0.717) is 6.04 Å². The number of hydrogen-bond acceptors (Lipinski definition) is 3. The predicted octanol–water partition coefficient (Wildman–Crippen LogP) is 3.22. The molecule has 2 aliphatic rings. The molecule has 0 aliphatic heterocycles. The molecule has 0 aromatic rings. The third-order valence-corrected chi connectivity index (χ3v) is 6.09. The second-order valence-electron chi connectivity index (χ2n) is 6.70. The molecule has 0 spiro atoms. The van der Waals surface area contributed by atoms with Crippen LogP contribution in [0.2, 0.25) is 0 Å². The normalized spacial score (nSPS) is 23.4. The Kier molecular flexibility index (Phi) is 6.21. The van der Waals surface area contributed by atoms with Gasteiger partial charge in [-0.05, 0) is 51.2 Å². The summed E-state index contributed by atoms with van der Waals surface area (Å²) in [4.78, 5) is 11.7. The van der Waals surface area contributed by atoms with Crippen LogP contribution in [0.15, 0.2) is 0 Å². The summed E-state index contributed by atoms with van der Waals surface area (Å²) >= 11 is 2.15. The van der Waals surface area contributed by atoms with Crippen LogP contribution in [0.25, 0.3) is 0 Å². The molecule has 2 saturated carbocycles. The lowest BCUT2D eigenvalue weighted by molar-refractivity contribution is -0.124. The minimum absolute atomic E-state index is 0.190. The number of thioether (sulfide) groups is 1. The molecule has 0 radical (unpaired) electrons. The molecule has 20 heavy (non-hydrogen) atoms. The van der Waals surface area contributed by atoms with Gasteiger partial charge in [-0.1, -0.05) is 25.7 Å². The van der Waals surface area contributed by atoms with Crippen LogP contribution in [-0.4, -0.2) is 28.5 Å². The van der Waals surface area contributed by atoms with Gasteiger partial charge in [0, 0.05) is 11.3 Å². The van der Waals surface area contributed by atoms with E-state index in [0.717, 1.165) is 18.1 Å². The average Bonchev–Trinajstić information content (AvgIpc) is 3.23. The zero-order valence-corrected chi connectivity index (χ0v) is 13.6. The number of nitrogens with two attached hydrogens (primary N) is 1. The van der Waals surface area contributed by atoms with Gasteiger partial charge in [-0.3, -0.25) is 4.79 Å². The van der Waals surface area contributed by atoms with Crippen LogP contribution in [-0.2, 0) is 4.79 Å². The highest BCUT2D eigenvalue weighted by molar-refractivity contribution is 7.99. The number of nitrogens with one attached hydrogen (secondary N) is 1. The van der Waals surface area contributed by atoms with E-state index in [1.165, 1.54) is 57.1 Å². The highest BCUT2D eigenvalue weighted by atomic mass is 32.2. The van der Waals surface area contributed by atoms with Crippen LogP contribution in [0.5, 0.6) is 0 Å². The minimum Gasteiger partial charge on any atom is -0.368 e. The van der Waals surface area contributed by atoms with E-state index in [2.05, 4.69) is 17.1 Å². The summed E-state index contributed by atoms with van der Waals surface area (Å²) in [5.74, 6) is 1.05. The second kappa shape index (κ2) is 7.69. The van der Waals surface area contributed by atoms with Crippen molar-refractivity contribution in [1.29, 1.82) is 0 Å². The van der Waals surface area contributed by atoms with Crippen molar-refractivity contribution in [2.75, 3.05) is 5.75 Å². The predicted molar refractivity (Wildman–Crippen MR) is 86.9 cm³/mol. The Morgan fingerprint density at radius 2 is 1.90 bits per heavy atom. The van der Waals surface area contributed by atoms with Crippen molar-refractivity contribution in [2.45, 2.75) is 88.0 Å². The Bertz CT molecular complexity index is 314. The maximum atomic E-state index is 11.7. The number of carbonyl (C=O) groups is 1. The monoisotopic (exact) mass is 298 g/mol. The summed E-state index contributed by atoms with van der Waals surface area (Å²) in [5.41, 5.74) is 5.08. The number of rotatable bonds is 9. The molecule has 2 aliphatic carbocycles. The fourth-order valence-corrected chi connectivity index (χ4v) is 4.38. The van der Waals surface area contributed by atoms with Crippen molar-refractivity contribution < 1.29 is 4.79 Å². The van der Waals surface area contributed by atoms with E-state index < -0.39 is 5.54 Å². The van der Waals surface area contributed by atoms with Gasteiger partial charge in [0.15, 0.2) is 0 Å². The Balaban J connectivity index is 1.59. The Hall–Kier alpha value is -0.220. The van der Waals surface area contributed by atoms with Crippen molar-refractivity contribution in [3.05, 3.63) is 0 Å². The van der Waals surface area contributed by atoms with Gasteiger partial charge < -0.3 is 11.1 Å². The van der Waals surface area contributed by atoms with Gasteiger partial charge in [0.2, 0.25) is 5.91 Å². The van der Waals surface area contributed by atoms with Gasteiger partial charge in [0.1, 0.15) is 0 Å². The Morgan fingerprint density at radius 3 is 2.50 bits per heavy atom. The van der Waals surface area contributed by atoms with E-state index in [9.17, 15) is 4.79 Å².